The zero-order valence-corrected chi connectivity index (χ0v) is 12.6. The van der Waals surface area contributed by atoms with Crippen molar-refractivity contribution in [2.24, 2.45) is 0 Å². The predicted octanol–water partition coefficient (Wildman–Crippen LogP) is 4.42. The predicted molar refractivity (Wildman–Crippen MR) is 86.2 cm³/mol. The van der Waals surface area contributed by atoms with Crippen molar-refractivity contribution in [3.63, 3.8) is 0 Å². The molecule has 5 heteroatoms. The topological polar surface area (TPSA) is 75.8 Å². The third-order valence-electron chi connectivity index (χ3n) is 3.42. The minimum atomic E-state index is 0.158. The molecule has 0 unspecified atom stereocenters. The molecule has 3 aromatic rings. The molecule has 0 saturated heterocycles. The van der Waals surface area contributed by atoms with Crippen LogP contribution in [0.5, 0.6) is 0 Å². The molecular weight excluding hydrogens is 298 g/mol. The number of hydrogen-bond acceptors (Lipinski definition) is 4. The molecule has 0 saturated carbocycles. The Morgan fingerprint density at radius 3 is 2.64 bits per heavy atom. The van der Waals surface area contributed by atoms with Crippen LogP contribution >= 0.6 is 11.6 Å². The minimum Gasteiger partial charge on any atom is -0.462 e. The fourth-order valence-electron chi connectivity index (χ4n) is 2.33. The van der Waals surface area contributed by atoms with Gasteiger partial charge in [0.2, 0.25) is 0 Å². The van der Waals surface area contributed by atoms with E-state index in [-0.39, 0.29) is 5.82 Å². The number of hydrogen-bond donors (Lipinski definition) is 1. The molecule has 4 nitrogen and oxygen atoms in total. The number of aromatic nitrogens is 1. The van der Waals surface area contributed by atoms with Crippen molar-refractivity contribution in [3.8, 4) is 28.7 Å². The van der Waals surface area contributed by atoms with Crippen molar-refractivity contribution in [1.29, 1.82) is 5.26 Å². The third-order valence-corrected chi connectivity index (χ3v) is 3.75. The first-order valence-corrected chi connectivity index (χ1v) is 6.99. The van der Waals surface area contributed by atoms with E-state index in [9.17, 15) is 5.26 Å². The lowest BCUT2D eigenvalue weighted by atomic mass is 9.99. The first kappa shape index (κ1) is 14.2. The molecule has 108 valence electrons. The van der Waals surface area contributed by atoms with Crippen LogP contribution in [0.1, 0.15) is 11.1 Å². The number of nitriles is 1. The van der Waals surface area contributed by atoms with Gasteiger partial charge in [-0.05, 0) is 30.7 Å². The zero-order chi connectivity index (χ0) is 15.7. The van der Waals surface area contributed by atoms with E-state index in [2.05, 4.69) is 11.1 Å². The van der Waals surface area contributed by atoms with Crippen molar-refractivity contribution in [1.82, 2.24) is 4.98 Å². The highest BCUT2D eigenvalue weighted by Gasteiger charge is 2.17. The van der Waals surface area contributed by atoms with Crippen LogP contribution in [0.2, 0.25) is 5.02 Å². The van der Waals surface area contributed by atoms with Crippen LogP contribution < -0.4 is 5.73 Å². The highest BCUT2D eigenvalue weighted by atomic mass is 35.5. The number of furan rings is 1. The van der Waals surface area contributed by atoms with Crippen LogP contribution in [0, 0.1) is 18.3 Å². The number of halogens is 1. The fourth-order valence-corrected chi connectivity index (χ4v) is 2.56. The maximum absolute atomic E-state index is 9.39. The summed E-state index contributed by atoms with van der Waals surface area (Å²) in [4.78, 5) is 4.28. The van der Waals surface area contributed by atoms with Crippen molar-refractivity contribution in [2.75, 3.05) is 5.73 Å². The first-order chi connectivity index (χ1) is 10.6. The molecular formula is C17H12ClN3O. The number of pyridine rings is 1. The molecule has 0 spiro atoms. The summed E-state index contributed by atoms with van der Waals surface area (Å²) in [5.41, 5.74) is 9.17. The van der Waals surface area contributed by atoms with Crippen LogP contribution in [0.3, 0.4) is 0 Å². The monoisotopic (exact) mass is 309 g/mol. The molecule has 0 bridgehead atoms. The number of rotatable bonds is 2. The summed E-state index contributed by atoms with van der Waals surface area (Å²) in [5, 5.41) is 9.94. The van der Waals surface area contributed by atoms with E-state index in [4.69, 9.17) is 21.8 Å². The first-order valence-electron chi connectivity index (χ1n) is 6.62. The van der Waals surface area contributed by atoms with E-state index in [1.807, 2.05) is 31.2 Å². The molecule has 0 atom stereocenters. The van der Waals surface area contributed by atoms with Gasteiger partial charge in [0.05, 0.1) is 6.26 Å². The Balaban J connectivity index is 2.30. The smallest absolute Gasteiger partial charge is 0.155 e. The van der Waals surface area contributed by atoms with E-state index in [0.29, 0.717) is 27.6 Å². The Morgan fingerprint density at radius 2 is 2.00 bits per heavy atom. The van der Waals surface area contributed by atoms with Gasteiger partial charge in [0.15, 0.2) is 5.76 Å². The maximum Gasteiger partial charge on any atom is 0.155 e. The molecule has 0 fully saturated rings. The Hall–Kier alpha value is -2.77. The Morgan fingerprint density at radius 1 is 1.23 bits per heavy atom. The lowest BCUT2D eigenvalue weighted by Crippen LogP contribution is -2.00. The highest BCUT2D eigenvalue weighted by molar-refractivity contribution is 6.33. The zero-order valence-electron chi connectivity index (χ0n) is 11.8. The van der Waals surface area contributed by atoms with Crippen LogP contribution in [0.15, 0.2) is 47.1 Å². The number of nitrogens with two attached hydrogens (primary N) is 1. The van der Waals surface area contributed by atoms with Gasteiger partial charge in [-0.3, -0.25) is 0 Å². The Labute approximate surface area is 132 Å². The average Bonchev–Trinajstić information content (AvgIpc) is 2.93. The number of nitrogens with zero attached hydrogens (tertiary/aromatic N) is 2. The molecule has 3 rings (SSSR count). The fraction of sp³-hybridized carbons (Fsp3) is 0.0588. The standard InChI is InChI=1S/C17H12ClN3O/c1-10-6-7-22-16(10)15-8-12(13(9-19)17(20)21-15)11-4-2-3-5-14(11)18/h2-8H,1H3,(H2,20,21). The number of aryl methyl sites for hydroxylation is 1. The van der Waals surface area contributed by atoms with E-state index < -0.39 is 0 Å². The highest BCUT2D eigenvalue weighted by Crippen LogP contribution is 2.35. The Kier molecular flexibility index (Phi) is 3.58. The molecule has 2 heterocycles. The minimum absolute atomic E-state index is 0.158. The maximum atomic E-state index is 9.39. The van der Waals surface area contributed by atoms with E-state index in [0.717, 1.165) is 11.1 Å². The number of benzene rings is 1. The second kappa shape index (κ2) is 5.55. The van der Waals surface area contributed by atoms with Crippen LogP contribution in [-0.2, 0) is 0 Å². The lowest BCUT2D eigenvalue weighted by Gasteiger charge is -2.10. The second-order valence-corrected chi connectivity index (χ2v) is 5.25. The van der Waals surface area contributed by atoms with Crippen molar-refractivity contribution < 1.29 is 4.42 Å². The van der Waals surface area contributed by atoms with Crippen molar-refractivity contribution >= 4 is 17.4 Å². The number of anilines is 1. The molecule has 0 aliphatic heterocycles. The molecule has 22 heavy (non-hydrogen) atoms. The summed E-state index contributed by atoms with van der Waals surface area (Å²) in [5.74, 6) is 0.787. The molecule has 0 amide bonds. The van der Waals surface area contributed by atoms with Gasteiger partial charge in [0.25, 0.3) is 0 Å². The lowest BCUT2D eigenvalue weighted by molar-refractivity contribution is 0.578. The summed E-state index contributed by atoms with van der Waals surface area (Å²) in [6, 6.07) is 13.0. The van der Waals surface area contributed by atoms with Gasteiger partial charge in [0.1, 0.15) is 23.1 Å². The van der Waals surface area contributed by atoms with Crippen LogP contribution in [0.25, 0.3) is 22.6 Å². The summed E-state index contributed by atoms with van der Waals surface area (Å²) >= 11 is 6.25. The van der Waals surface area contributed by atoms with E-state index in [1.54, 1.807) is 18.4 Å². The van der Waals surface area contributed by atoms with Gasteiger partial charge < -0.3 is 10.2 Å². The van der Waals surface area contributed by atoms with Gasteiger partial charge in [-0.25, -0.2) is 4.98 Å². The molecule has 2 N–H and O–H groups in total. The van der Waals surface area contributed by atoms with Crippen LogP contribution in [-0.4, -0.2) is 4.98 Å². The summed E-state index contributed by atoms with van der Waals surface area (Å²) < 4.78 is 5.47. The second-order valence-electron chi connectivity index (χ2n) is 4.84. The van der Waals surface area contributed by atoms with Gasteiger partial charge >= 0.3 is 0 Å². The van der Waals surface area contributed by atoms with Gasteiger partial charge in [0, 0.05) is 16.1 Å². The molecule has 2 aromatic heterocycles. The SMILES string of the molecule is Cc1ccoc1-c1cc(-c2ccccc2Cl)c(C#N)c(N)n1. The van der Waals surface area contributed by atoms with Crippen molar-refractivity contribution in [3.05, 3.63) is 58.8 Å². The molecule has 0 radical (unpaired) electrons. The molecule has 0 aliphatic rings. The van der Waals surface area contributed by atoms with Crippen LogP contribution in [0.4, 0.5) is 5.82 Å². The quantitative estimate of drug-likeness (QED) is 0.760. The normalized spacial score (nSPS) is 10.4. The molecule has 0 aliphatic carbocycles. The van der Waals surface area contributed by atoms with Gasteiger partial charge in [-0.2, -0.15) is 5.26 Å². The van der Waals surface area contributed by atoms with Crippen molar-refractivity contribution in [2.45, 2.75) is 6.92 Å². The summed E-state index contributed by atoms with van der Waals surface area (Å²) in [7, 11) is 0. The Bertz CT molecular complexity index is 893. The summed E-state index contributed by atoms with van der Waals surface area (Å²) in [6.45, 7) is 1.92. The summed E-state index contributed by atoms with van der Waals surface area (Å²) in [6.07, 6.45) is 1.59. The largest absolute Gasteiger partial charge is 0.462 e. The van der Waals surface area contributed by atoms with E-state index >= 15 is 0 Å². The van der Waals surface area contributed by atoms with E-state index in [1.165, 1.54) is 0 Å². The average molecular weight is 310 g/mol. The number of nitrogen functional groups attached to an aromatic ring is 1. The molecule has 1 aromatic carbocycles. The third kappa shape index (κ3) is 2.32. The van der Waals surface area contributed by atoms with Gasteiger partial charge in [-0.1, -0.05) is 29.8 Å². The van der Waals surface area contributed by atoms with Gasteiger partial charge in [-0.15, -0.1) is 0 Å².